The molecule has 1 aromatic rings. The lowest BCUT2D eigenvalue weighted by Gasteiger charge is -2.10. The van der Waals surface area contributed by atoms with E-state index >= 15 is 0 Å². The standard InChI is InChI=1S/C13H17NO3/c15-13(16)7-10-1-3-12(4-2-10)17-9-11-5-6-14-8-11/h1-4,11,14H,5-9H2,(H,15,16). The predicted octanol–water partition coefficient (Wildman–Crippen LogP) is 1.30. The van der Waals surface area contributed by atoms with E-state index < -0.39 is 5.97 Å². The minimum absolute atomic E-state index is 0.0623. The summed E-state index contributed by atoms with van der Waals surface area (Å²) in [7, 11) is 0. The molecule has 0 radical (unpaired) electrons. The molecule has 0 aliphatic carbocycles. The van der Waals surface area contributed by atoms with E-state index in [2.05, 4.69) is 5.32 Å². The van der Waals surface area contributed by atoms with E-state index in [4.69, 9.17) is 9.84 Å². The van der Waals surface area contributed by atoms with Crippen LogP contribution in [0.2, 0.25) is 0 Å². The van der Waals surface area contributed by atoms with Gasteiger partial charge in [-0.15, -0.1) is 0 Å². The molecule has 1 aromatic carbocycles. The highest BCUT2D eigenvalue weighted by Crippen LogP contribution is 2.15. The number of rotatable bonds is 5. The van der Waals surface area contributed by atoms with E-state index in [1.165, 1.54) is 0 Å². The Balaban J connectivity index is 1.82. The number of carboxylic acid groups (broad SMARTS) is 1. The predicted molar refractivity (Wildman–Crippen MR) is 64.3 cm³/mol. The topological polar surface area (TPSA) is 58.6 Å². The highest BCUT2D eigenvalue weighted by molar-refractivity contribution is 5.70. The molecule has 0 amide bonds. The zero-order valence-electron chi connectivity index (χ0n) is 9.69. The summed E-state index contributed by atoms with van der Waals surface area (Å²) in [6.07, 6.45) is 1.23. The number of ether oxygens (including phenoxy) is 1. The van der Waals surface area contributed by atoms with Gasteiger partial charge in [0, 0.05) is 12.5 Å². The highest BCUT2D eigenvalue weighted by atomic mass is 16.5. The van der Waals surface area contributed by atoms with Gasteiger partial charge in [0.1, 0.15) is 5.75 Å². The summed E-state index contributed by atoms with van der Waals surface area (Å²) in [4.78, 5) is 10.5. The summed E-state index contributed by atoms with van der Waals surface area (Å²) >= 11 is 0. The molecule has 2 N–H and O–H groups in total. The van der Waals surface area contributed by atoms with Crippen LogP contribution in [0.4, 0.5) is 0 Å². The zero-order chi connectivity index (χ0) is 12.1. The molecule has 2 rings (SSSR count). The molecule has 1 unspecified atom stereocenters. The lowest BCUT2D eigenvalue weighted by atomic mass is 10.1. The molecule has 1 fully saturated rings. The third kappa shape index (κ3) is 3.75. The van der Waals surface area contributed by atoms with Crippen LogP contribution in [0.5, 0.6) is 5.75 Å². The number of carboxylic acids is 1. The summed E-state index contributed by atoms with van der Waals surface area (Å²) < 4.78 is 5.66. The monoisotopic (exact) mass is 235 g/mol. The van der Waals surface area contributed by atoms with Gasteiger partial charge in [0.05, 0.1) is 13.0 Å². The Morgan fingerprint density at radius 1 is 1.41 bits per heavy atom. The largest absolute Gasteiger partial charge is 0.493 e. The molecule has 1 aliphatic heterocycles. The van der Waals surface area contributed by atoms with Crippen molar-refractivity contribution in [2.45, 2.75) is 12.8 Å². The Bertz CT molecular complexity index is 369. The van der Waals surface area contributed by atoms with Gasteiger partial charge in [0.25, 0.3) is 0 Å². The third-order valence-electron chi connectivity index (χ3n) is 2.93. The van der Waals surface area contributed by atoms with Crippen LogP contribution in [0.15, 0.2) is 24.3 Å². The van der Waals surface area contributed by atoms with Crippen LogP contribution < -0.4 is 10.1 Å². The summed E-state index contributed by atoms with van der Waals surface area (Å²) in [6, 6.07) is 7.27. The second-order valence-electron chi connectivity index (χ2n) is 4.38. The van der Waals surface area contributed by atoms with Gasteiger partial charge in [-0.3, -0.25) is 4.79 Å². The Morgan fingerprint density at radius 2 is 2.18 bits per heavy atom. The van der Waals surface area contributed by atoms with Crippen molar-refractivity contribution >= 4 is 5.97 Å². The van der Waals surface area contributed by atoms with Gasteiger partial charge in [0.15, 0.2) is 0 Å². The molecule has 0 spiro atoms. The van der Waals surface area contributed by atoms with Gasteiger partial charge in [-0.2, -0.15) is 0 Å². The molecule has 4 heteroatoms. The van der Waals surface area contributed by atoms with Crippen molar-refractivity contribution in [3.05, 3.63) is 29.8 Å². The quantitative estimate of drug-likeness (QED) is 0.807. The van der Waals surface area contributed by atoms with Crippen LogP contribution in [0.1, 0.15) is 12.0 Å². The van der Waals surface area contributed by atoms with Crippen molar-refractivity contribution in [2.75, 3.05) is 19.7 Å². The number of aliphatic carboxylic acids is 1. The van der Waals surface area contributed by atoms with Crippen molar-refractivity contribution in [1.82, 2.24) is 5.32 Å². The normalized spacial score (nSPS) is 19.2. The maximum atomic E-state index is 10.5. The highest BCUT2D eigenvalue weighted by Gasteiger charge is 2.14. The molecule has 17 heavy (non-hydrogen) atoms. The van der Waals surface area contributed by atoms with E-state index in [1.807, 2.05) is 12.1 Å². The molecule has 1 atom stereocenters. The molecule has 0 bridgehead atoms. The van der Waals surface area contributed by atoms with Crippen molar-refractivity contribution in [2.24, 2.45) is 5.92 Å². The van der Waals surface area contributed by atoms with Crippen LogP contribution in [-0.4, -0.2) is 30.8 Å². The molecule has 4 nitrogen and oxygen atoms in total. The molecular weight excluding hydrogens is 218 g/mol. The van der Waals surface area contributed by atoms with E-state index in [0.717, 1.165) is 37.4 Å². The minimum atomic E-state index is -0.810. The van der Waals surface area contributed by atoms with Gasteiger partial charge in [-0.05, 0) is 30.7 Å². The minimum Gasteiger partial charge on any atom is -0.493 e. The van der Waals surface area contributed by atoms with Crippen LogP contribution in [0.25, 0.3) is 0 Å². The van der Waals surface area contributed by atoms with E-state index in [0.29, 0.717) is 5.92 Å². The van der Waals surface area contributed by atoms with E-state index in [1.54, 1.807) is 12.1 Å². The van der Waals surface area contributed by atoms with Gasteiger partial charge >= 0.3 is 5.97 Å². The van der Waals surface area contributed by atoms with Gasteiger partial charge in [0.2, 0.25) is 0 Å². The molecule has 1 aliphatic rings. The fourth-order valence-electron chi connectivity index (χ4n) is 1.95. The first-order chi connectivity index (χ1) is 8.24. The summed E-state index contributed by atoms with van der Waals surface area (Å²) in [5.41, 5.74) is 0.799. The number of hydrogen-bond acceptors (Lipinski definition) is 3. The SMILES string of the molecule is O=C(O)Cc1ccc(OCC2CCNC2)cc1. The van der Waals surface area contributed by atoms with Crippen LogP contribution in [0, 0.1) is 5.92 Å². The van der Waals surface area contributed by atoms with Crippen molar-refractivity contribution in [1.29, 1.82) is 0 Å². The summed E-state index contributed by atoms with van der Waals surface area (Å²) in [6.45, 7) is 2.83. The summed E-state index contributed by atoms with van der Waals surface area (Å²) in [5, 5.41) is 11.9. The Hall–Kier alpha value is -1.55. The number of nitrogens with one attached hydrogen (secondary N) is 1. The molecule has 0 saturated carbocycles. The van der Waals surface area contributed by atoms with Crippen LogP contribution in [0.3, 0.4) is 0 Å². The van der Waals surface area contributed by atoms with Crippen molar-refractivity contribution in [3.63, 3.8) is 0 Å². The van der Waals surface area contributed by atoms with E-state index in [-0.39, 0.29) is 6.42 Å². The first-order valence-corrected chi connectivity index (χ1v) is 5.88. The maximum Gasteiger partial charge on any atom is 0.307 e. The number of benzene rings is 1. The first-order valence-electron chi connectivity index (χ1n) is 5.88. The van der Waals surface area contributed by atoms with Crippen LogP contribution in [-0.2, 0) is 11.2 Å². The fraction of sp³-hybridized carbons (Fsp3) is 0.462. The van der Waals surface area contributed by atoms with Gasteiger partial charge < -0.3 is 15.2 Å². The summed E-state index contributed by atoms with van der Waals surface area (Å²) in [5.74, 6) is 0.593. The second kappa shape index (κ2) is 5.68. The van der Waals surface area contributed by atoms with E-state index in [9.17, 15) is 4.79 Å². The molecule has 92 valence electrons. The maximum absolute atomic E-state index is 10.5. The smallest absolute Gasteiger partial charge is 0.307 e. The first kappa shape index (κ1) is 11.9. The third-order valence-corrected chi connectivity index (χ3v) is 2.93. The Morgan fingerprint density at radius 3 is 2.76 bits per heavy atom. The molecule has 1 heterocycles. The Labute approximate surface area is 101 Å². The van der Waals surface area contributed by atoms with Crippen molar-refractivity contribution in [3.8, 4) is 5.75 Å². The van der Waals surface area contributed by atoms with Crippen molar-refractivity contribution < 1.29 is 14.6 Å². The molecular formula is C13H17NO3. The number of hydrogen-bond donors (Lipinski definition) is 2. The number of carbonyl (C=O) groups is 1. The molecule has 1 saturated heterocycles. The lowest BCUT2D eigenvalue weighted by molar-refractivity contribution is -0.136. The molecule has 0 aromatic heterocycles. The zero-order valence-corrected chi connectivity index (χ0v) is 9.69. The van der Waals surface area contributed by atoms with Gasteiger partial charge in [-0.1, -0.05) is 12.1 Å². The van der Waals surface area contributed by atoms with Gasteiger partial charge in [-0.25, -0.2) is 0 Å². The van der Waals surface area contributed by atoms with Crippen LogP contribution >= 0.6 is 0 Å². The lowest BCUT2D eigenvalue weighted by Crippen LogP contribution is -2.15. The second-order valence-corrected chi connectivity index (χ2v) is 4.38. The average Bonchev–Trinajstić information content (AvgIpc) is 2.80. The Kier molecular flexibility index (Phi) is 3.98. The fourth-order valence-corrected chi connectivity index (χ4v) is 1.95. The average molecular weight is 235 g/mol.